The quantitative estimate of drug-likeness (QED) is 0.0385. The van der Waals surface area contributed by atoms with Crippen LogP contribution in [0.4, 0.5) is 0 Å². The molecule has 5 nitrogen and oxygen atoms in total. The van der Waals surface area contributed by atoms with E-state index in [9.17, 15) is 14.4 Å². The largest absolute Gasteiger partial charge is 3.00 e. The van der Waals surface area contributed by atoms with Crippen molar-refractivity contribution in [1.29, 1.82) is 0 Å². The van der Waals surface area contributed by atoms with Gasteiger partial charge in [0.05, 0.1) is 66.8 Å². The minimum atomic E-state index is -1.64. The van der Waals surface area contributed by atoms with Crippen molar-refractivity contribution >= 4 is 42.8 Å². The van der Waals surface area contributed by atoms with E-state index >= 15 is 0 Å². The Hall–Kier alpha value is 0.144. The number of allylic oxidation sites excluding steroid dienone is 1. The molecule has 14 heteroatoms. The molecule has 579 valence electrons. The topological polar surface area (TPSA) is 87.0 Å². The molecule has 3 N–H and O–H groups in total. The van der Waals surface area contributed by atoms with E-state index in [0.29, 0.717) is 21.6 Å². The van der Waals surface area contributed by atoms with Gasteiger partial charge in [-0.15, -0.1) is 0 Å². The fraction of sp³-hybridized carbons (Fsp3) is 0.634. The molecule has 96 heavy (non-hydrogen) atoms. The Morgan fingerprint density at radius 3 is 0.844 bits per heavy atom. The molecule has 4 rings (SSSR count). The van der Waals surface area contributed by atoms with Crippen molar-refractivity contribution in [2.45, 2.75) is 312 Å². The molecule has 0 saturated heterocycles. The van der Waals surface area contributed by atoms with Crippen LogP contribution in [0.25, 0.3) is 0 Å². The van der Waals surface area contributed by atoms with Crippen molar-refractivity contribution in [1.82, 2.24) is 0 Å². The number of hydrogen-bond acceptors (Lipinski definition) is 4. The van der Waals surface area contributed by atoms with Crippen LogP contribution in [0.2, 0.25) is 0 Å². The van der Waals surface area contributed by atoms with Gasteiger partial charge >= 0.3 is 16.5 Å². The minimum absolute atomic E-state index is 0. The average Bonchev–Trinajstić information content (AvgIpc) is 0.800. The number of rotatable bonds is 14. The zero-order valence-corrected chi connectivity index (χ0v) is 77.5. The minimum Gasteiger partial charge on any atom is -0.534 e. The number of aliphatic hydroxyl groups is 2. The average molecular weight is 1610 g/mol. The van der Waals surface area contributed by atoms with Crippen LogP contribution in [0.15, 0.2) is 127 Å². The number of hydrogen-bond donors (Lipinski definition) is 3. The van der Waals surface area contributed by atoms with Crippen molar-refractivity contribution in [2.24, 2.45) is 0 Å². The first-order valence-corrected chi connectivity index (χ1v) is 41.3. The van der Waals surface area contributed by atoms with Crippen molar-refractivity contribution in [3.63, 3.8) is 0 Å². The van der Waals surface area contributed by atoms with Crippen molar-refractivity contribution < 1.29 is 89.7 Å². The summed E-state index contributed by atoms with van der Waals surface area (Å²) in [6.45, 7) is 77.8. The number of aliphatic hydroxyl groups excluding tert-OH is 2. The van der Waals surface area contributed by atoms with E-state index in [0.717, 1.165) is 23.5 Å². The molecule has 1 radical (unpaired) electrons. The molecule has 4 aromatic carbocycles. The van der Waals surface area contributed by atoms with Crippen LogP contribution in [0.3, 0.4) is 0 Å². The second-order valence-corrected chi connectivity index (χ2v) is 50.7. The van der Waals surface area contributed by atoms with Gasteiger partial charge in [-0.05, 0) is 188 Å². The van der Waals surface area contributed by atoms with Gasteiger partial charge in [0.2, 0.25) is 0 Å². The van der Waals surface area contributed by atoms with Crippen molar-refractivity contribution in [2.75, 3.05) is 24.9 Å². The Labute approximate surface area is 649 Å². The number of methoxy groups -OCH3 is 1. The first kappa shape index (κ1) is 123. The zero-order valence-electron chi connectivity index (χ0n) is 68.7. The van der Waals surface area contributed by atoms with Gasteiger partial charge in [0, 0.05) is 87.1 Å². The molecule has 0 spiro atoms. The standard InChI is InChI=1S/C23H33OP.C22H31OP.C12H24OP.C9H21O2PS.4C3H8.4CH3.4Ni/c1-22(2,3)25(23(4,5)6)17-20(18-13-9-7-10-14-18)21(24)19-15-11-8-12-16-19;1-21(2,3)24(22(4,5)6)20(18-15-11-8-12-16-18)19(23)17-13-9-7-10-14-17;1-10(13-8)9-14(11(2,3)4)12(5,6)7;1-8(2,3)12(7-13(10)11)9(4,5)6;4*1-3-2;;;;;;;;/h7-16,20-21,24H,17H2,1-6H3;7-16,19-20,23H,1-6H3;1H,9H2,2-8H3;7H2,1-6H3,(H,10,11);4*3H2,1-2H3;4*1H3;;;;/q;;-1;;;;;;4*-1;;;;+3/p+4. The van der Waals surface area contributed by atoms with Gasteiger partial charge in [-0.3, -0.25) is 0 Å². The van der Waals surface area contributed by atoms with E-state index in [1.807, 2.05) is 60.7 Å². The van der Waals surface area contributed by atoms with Crippen molar-refractivity contribution in [3.05, 3.63) is 186 Å². The predicted molar refractivity (Wildman–Crippen MR) is 442 cm³/mol. The SMILES string of the molecule is CC(C)(C)[PH+](C(c1ccccc1)C(O)c1ccccc1)C(C)(C)C.CC(C)(C)[PH+](CC(c1ccccc1)C(O)c1ccccc1)C(C)(C)C.CC(C)(C)[PH+](CS(=O)O)C(C)(C)C.CCC.CCC.CCC.CCC.[CH-]=C(C[PH+](C(C)(C)C)C(C)(C)C)OC.[CH3-].[CH3-].[CH3-].[CH3-].[Ni+3].[Ni].[Ni].[Ni]. The first-order chi connectivity index (χ1) is 40.0. The molecule has 0 heterocycles. The van der Waals surface area contributed by atoms with Gasteiger partial charge < -0.3 is 55.8 Å². The molecule has 5 unspecified atom stereocenters. The van der Waals surface area contributed by atoms with E-state index in [4.69, 9.17) is 15.9 Å². The maximum absolute atomic E-state index is 11.4. The second-order valence-electron chi connectivity index (χ2n) is 31.8. The molecule has 0 aliphatic carbocycles. The maximum Gasteiger partial charge on any atom is 3.00 e. The molecule has 0 fully saturated rings. The molecular formula is C82H157Ni4O5P4S+2. The molecule has 5 atom stereocenters. The Balaban J connectivity index is -0.0000000926. The third kappa shape index (κ3) is 54.7. The van der Waals surface area contributed by atoms with Crippen LogP contribution in [0.5, 0.6) is 0 Å². The molecule has 0 aliphatic rings. The monoisotopic (exact) mass is 1610 g/mol. The summed E-state index contributed by atoms with van der Waals surface area (Å²) in [5.74, 6) is 0.819. The van der Waals surface area contributed by atoms with Crippen LogP contribution in [0, 0.1) is 36.3 Å². The van der Waals surface area contributed by atoms with E-state index < -0.39 is 55.0 Å². The summed E-state index contributed by atoms with van der Waals surface area (Å²) in [6, 6.07) is 41.4. The molecule has 0 saturated carbocycles. The summed E-state index contributed by atoms with van der Waals surface area (Å²) in [5, 5.41) is 24.6. The molecule has 0 bridgehead atoms. The van der Waals surface area contributed by atoms with Crippen LogP contribution < -0.4 is 0 Å². The molecule has 0 aliphatic heterocycles. The van der Waals surface area contributed by atoms with Crippen LogP contribution in [-0.4, -0.2) is 85.2 Å². The first-order valence-electron chi connectivity index (χ1n) is 33.3. The zero-order chi connectivity index (χ0) is 69.9. The molecular weight excluding hydrogens is 1460 g/mol. The number of benzene rings is 4. The summed E-state index contributed by atoms with van der Waals surface area (Å²) in [4.78, 5) is 0. The van der Waals surface area contributed by atoms with E-state index in [1.54, 1.807) is 7.11 Å². The molecule has 0 amide bonds. The van der Waals surface area contributed by atoms with Crippen molar-refractivity contribution in [3.8, 4) is 0 Å². The fourth-order valence-corrected chi connectivity index (χ4v) is 31.6. The summed E-state index contributed by atoms with van der Waals surface area (Å²) in [5.41, 5.74) is 5.15. The normalized spacial score (nSPS) is 12.7. The van der Waals surface area contributed by atoms with Crippen LogP contribution in [-0.2, 0) is 81.8 Å². The van der Waals surface area contributed by atoms with Gasteiger partial charge in [0.25, 0.3) is 0 Å². The third-order valence-electron chi connectivity index (χ3n) is 14.0. The Morgan fingerprint density at radius 2 is 0.635 bits per heavy atom. The van der Waals surface area contributed by atoms with Gasteiger partial charge in [-0.25, -0.2) is 4.21 Å². The summed E-state index contributed by atoms with van der Waals surface area (Å²) in [6.07, 6.45) is 6.07. The Morgan fingerprint density at radius 1 is 0.406 bits per heavy atom. The Bertz CT molecular complexity index is 2290. The van der Waals surface area contributed by atoms with E-state index in [1.165, 1.54) is 36.8 Å². The Kier molecular flexibility index (Phi) is 77.4. The third-order valence-corrected chi connectivity index (χ3v) is 33.1. The summed E-state index contributed by atoms with van der Waals surface area (Å²) < 4.78 is 24.9. The van der Waals surface area contributed by atoms with E-state index in [2.05, 4.69) is 282 Å². The maximum atomic E-state index is 11.4. The second kappa shape index (κ2) is 60.4. The van der Waals surface area contributed by atoms with Gasteiger partial charge in [0.1, 0.15) is 11.8 Å². The van der Waals surface area contributed by atoms with E-state index in [-0.39, 0.29) is 138 Å². The smallest absolute Gasteiger partial charge is 0.534 e. The molecule has 0 aromatic heterocycles. The van der Waals surface area contributed by atoms with Gasteiger partial charge in [-0.1, -0.05) is 208 Å². The predicted octanol–water partition coefficient (Wildman–Crippen LogP) is 26.8. The number of ether oxygens (including phenoxy) is 1. The molecule has 4 aromatic rings. The van der Waals surface area contributed by atoms with Crippen LogP contribution >= 0.6 is 31.7 Å². The van der Waals surface area contributed by atoms with Gasteiger partial charge in [0.15, 0.2) is 16.6 Å². The fourth-order valence-electron chi connectivity index (χ4n) is 11.6. The summed E-state index contributed by atoms with van der Waals surface area (Å²) >= 11 is -1.64. The van der Waals surface area contributed by atoms with Crippen LogP contribution in [0.1, 0.15) is 293 Å². The summed E-state index contributed by atoms with van der Waals surface area (Å²) in [7, 11) is -1.44. The van der Waals surface area contributed by atoms with Gasteiger partial charge in [-0.2, -0.15) is 0 Å².